The number of hydrogen-bond donors (Lipinski definition) is 1. The average molecular weight is 246 g/mol. The predicted octanol–water partition coefficient (Wildman–Crippen LogP) is 3.34. The SMILES string of the molecule is Cc1cc(Oc2cc(C(C)N)ccn2)ccc1F. The lowest BCUT2D eigenvalue weighted by Gasteiger charge is -2.09. The Labute approximate surface area is 105 Å². The number of pyridine rings is 1. The molecular formula is C14H15FN2O. The molecule has 18 heavy (non-hydrogen) atoms. The Morgan fingerprint density at radius 2 is 2.06 bits per heavy atom. The van der Waals surface area contributed by atoms with Gasteiger partial charge in [-0.05, 0) is 49.2 Å². The molecule has 0 aliphatic carbocycles. The van der Waals surface area contributed by atoms with E-state index in [2.05, 4.69) is 4.98 Å². The largest absolute Gasteiger partial charge is 0.439 e. The molecule has 0 spiro atoms. The van der Waals surface area contributed by atoms with Crippen LogP contribution in [-0.2, 0) is 0 Å². The monoisotopic (exact) mass is 246 g/mol. The Morgan fingerprint density at radius 1 is 1.28 bits per heavy atom. The standard InChI is InChI=1S/C14H15FN2O/c1-9-7-12(3-4-13(9)15)18-14-8-11(10(2)16)5-6-17-14/h3-8,10H,16H2,1-2H3. The average Bonchev–Trinajstić information content (AvgIpc) is 2.34. The van der Waals surface area contributed by atoms with E-state index in [1.807, 2.05) is 13.0 Å². The Balaban J connectivity index is 2.23. The van der Waals surface area contributed by atoms with E-state index in [1.165, 1.54) is 6.07 Å². The summed E-state index contributed by atoms with van der Waals surface area (Å²) in [6, 6.07) is 8.12. The van der Waals surface area contributed by atoms with Crippen LogP contribution in [-0.4, -0.2) is 4.98 Å². The van der Waals surface area contributed by atoms with Gasteiger partial charge in [-0.25, -0.2) is 9.37 Å². The van der Waals surface area contributed by atoms with Gasteiger partial charge in [0.1, 0.15) is 11.6 Å². The zero-order valence-electron chi connectivity index (χ0n) is 10.4. The molecule has 0 saturated carbocycles. The predicted molar refractivity (Wildman–Crippen MR) is 68.1 cm³/mol. The third kappa shape index (κ3) is 2.84. The maximum Gasteiger partial charge on any atom is 0.219 e. The van der Waals surface area contributed by atoms with Crippen molar-refractivity contribution in [2.24, 2.45) is 5.73 Å². The van der Waals surface area contributed by atoms with E-state index in [4.69, 9.17) is 10.5 Å². The lowest BCUT2D eigenvalue weighted by molar-refractivity contribution is 0.459. The molecule has 1 aromatic carbocycles. The van der Waals surface area contributed by atoms with Crippen molar-refractivity contribution in [1.29, 1.82) is 0 Å². The highest BCUT2D eigenvalue weighted by molar-refractivity contribution is 5.33. The second kappa shape index (κ2) is 5.14. The molecule has 0 amide bonds. The van der Waals surface area contributed by atoms with Gasteiger partial charge >= 0.3 is 0 Å². The summed E-state index contributed by atoms with van der Waals surface area (Å²) in [7, 11) is 0. The van der Waals surface area contributed by atoms with Crippen LogP contribution in [0.3, 0.4) is 0 Å². The van der Waals surface area contributed by atoms with Crippen molar-refractivity contribution in [2.45, 2.75) is 19.9 Å². The first-order valence-corrected chi connectivity index (χ1v) is 5.72. The van der Waals surface area contributed by atoms with Gasteiger partial charge in [-0.3, -0.25) is 0 Å². The molecule has 2 rings (SSSR count). The Hall–Kier alpha value is -1.94. The molecule has 0 aliphatic rings. The quantitative estimate of drug-likeness (QED) is 0.903. The number of aryl methyl sites for hydroxylation is 1. The van der Waals surface area contributed by atoms with Gasteiger partial charge in [-0.15, -0.1) is 0 Å². The van der Waals surface area contributed by atoms with Crippen LogP contribution in [0.15, 0.2) is 36.5 Å². The minimum absolute atomic E-state index is 0.0784. The summed E-state index contributed by atoms with van der Waals surface area (Å²) in [6.45, 7) is 3.58. The minimum Gasteiger partial charge on any atom is -0.439 e. The third-order valence-electron chi connectivity index (χ3n) is 2.64. The first kappa shape index (κ1) is 12.5. The van der Waals surface area contributed by atoms with Crippen LogP contribution >= 0.6 is 0 Å². The number of nitrogens with two attached hydrogens (primary N) is 1. The van der Waals surface area contributed by atoms with Crippen LogP contribution in [0, 0.1) is 12.7 Å². The minimum atomic E-state index is -0.250. The smallest absolute Gasteiger partial charge is 0.219 e. The lowest BCUT2D eigenvalue weighted by atomic mass is 10.1. The Bertz CT molecular complexity index is 555. The maximum absolute atomic E-state index is 13.1. The number of aromatic nitrogens is 1. The zero-order valence-corrected chi connectivity index (χ0v) is 10.4. The third-order valence-corrected chi connectivity index (χ3v) is 2.64. The highest BCUT2D eigenvalue weighted by Crippen LogP contribution is 2.23. The van der Waals surface area contributed by atoms with Gasteiger partial charge in [0.15, 0.2) is 0 Å². The number of benzene rings is 1. The van der Waals surface area contributed by atoms with Crippen molar-refractivity contribution in [3.8, 4) is 11.6 Å². The van der Waals surface area contributed by atoms with Crippen LogP contribution < -0.4 is 10.5 Å². The number of nitrogens with zero attached hydrogens (tertiary/aromatic N) is 1. The fraction of sp³-hybridized carbons (Fsp3) is 0.214. The molecule has 2 N–H and O–H groups in total. The fourth-order valence-electron chi connectivity index (χ4n) is 1.57. The van der Waals surface area contributed by atoms with Crippen LogP contribution in [0.1, 0.15) is 24.1 Å². The van der Waals surface area contributed by atoms with Crippen LogP contribution in [0.4, 0.5) is 4.39 Å². The van der Waals surface area contributed by atoms with Crippen molar-refractivity contribution < 1.29 is 9.13 Å². The molecule has 0 fully saturated rings. The summed E-state index contributed by atoms with van der Waals surface area (Å²) in [5, 5.41) is 0. The van der Waals surface area contributed by atoms with E-state index in [0.717, 1.165) is 5.56 Å². The van der Waals surface area contributed by atoms with Gasteiger partial charge < -0.3 is 10.5 Å². The molecule has 1 heterocycles. The van der Waals surface area contributed by atoms with Gasteiger partial charge in [0.25, 0.3) is 0 Å². The normalized spacial score (nSPS) is 12.2. The summed E-state index contributed by atoms with van der Waals surface area (Å²) >= 11 is 0. The fourth-order valence-corrected chi connectivity index (χ4v) is 1.57. The molecule has 0 saturated heterocycles. The highest BCUT2D eigenvalue weighted by atomic mass is 19.1. The topological polar surface area (TPSA) is 48.1 Å². The molecular weight excluding hydrogens is 231 g/mol. The summed E-state index contributed by atoms with van der Waals surface area (Å²) < 4.78 is 18.7. The summed E-state index contributed by atoms with van der Waals surface area (Å²) in [5.74, 6) is 0.763. The van der Waals surface area contributed by atoms with E-state index >= 15 is 0 Å². The van der Waals surface area contributed by atoms with Crippen molar-refractivity contribution in [1.82, 2.24) is 4.98 Å². The summed E-state index contributed by atoms with van der Waals surface area (Å²) in [6.07, 6.45) is 1.64. The Kier molecular flexibility index (Phi) is 3.58. The van der Waals surface area contributed by atoms with Crippen molar-refractivity contribution >= 4 is 0 Å². The lowest BCUT2D eigenvalue weighted by Crippen LogP contribution is -2.05. The molecule has 94 valence electrons. The van der Waals surface area contributed by atoms with Crippen LogP contribution in [0.25, 0.3) is 0 Å². The van der Waals surface area contributed by atoms with Gasteiger partial charge in [-0.2, -0.15) is 0 Å². The van der Waals surface area contributed by atoms with E-state index in [9.17, 15) is 4.39 Å². The Morgan fingerprint density at radius 3 is 2.72 bits per heavy atom. The number of halogens is 1. The van der Waals surface area contributed by atoms with Crippen molar-refractivity contribution in [3.63, 3.8) is 0 Å². The molecule has 3 nitrogen and oxygen atoms in total. The van der Waals surface area contributed by atoms with Gasteiger partial charge in [-0.1, -0.05) is 0 Å². The zero-order chi connectivity index (χ0) is 13.1. The van der Waals surface area contributed by atoms with Crippen molar-refractivity contribution in [3.05, 3.63) is 53.5 Å². The van der Waals surface area contributed by atoms with Gasteiger partial charge in [0, 0.05) is 18.3 Å². The van der Waals surface area contributed by atoms with Crippen LogP contribution in [0.2, 0.25) is 0 Å². The second-order valence-corrected chi connectivity index (χ2v) is 4.23. The van der Waals surface area contributed by atoms with E-state index < -0.39 is 0 Å². The second-order valence-electron chi connectivity index (χ2n) is 4.23. The first-order chi connectivity index (χ1) is 8.56. The van der Waals surface area contributed by atoms with E-state index in [1.54, 1.807) is 31.3 Å². The summed E-state index contributed by atoms with van der Waals surface area (Å²) in [5.41, 5.74) is 7.27. The van der Waals surface area contributed by atoms with Gasteiger partial charge in [0.2, 0.25) is 5.88 Å². The first-order valence-electron chi connectivity index (χ1n) is 5.72. The maximum atomic E-state index is 13.1. The molecule has 1 atom stereocenters. The molecule has 1 aromatic heterocycles. The van der Waals surface area contributed by atoms with E-state index in [0.29, 0.717) is 17.2 Å². The molecule has 1 unspecified atom stereocenters. The molecule has 0 aliphatic heterocycles. The van der Waals surface area contributed by atoms with Crippen LogP contribution in [0.5, 0.6) is 11.6 Å². The summed E-state index contributed by atoms with van der Waals surface area (Å²) in [4.78, 5) is 4.10. The number of rotatable bonds is 3. The molecule has 0 radical (unpaired) electrons. The van der Waals surface area contributed by atoms with Crippen molar-refractivity contribution in [2.75, 3.05) is 0 Å². The number of hydrogen-bond acceptors (Lipinski definition) is 3. The molecule has 4 heteroatoms. The van der Waals surface area contributed by atoms with Gasteiger partial charge in [0.05, 0.1) is 0 Å². The molecule has 2 aromatic rings. The highest BCUT2D eigenvalue weighted by Gasteiger charge is 2.05. The van der Waals surface area contributed by atoms with E-state index in [-0.39, 0.29) is 11.9 Å². The molecule has 0 bridgehead atoms. The number of ether oxygens (including phenoxy) is 1.